The van der Waals surface area contributed by atoms with E-state index in [1.165, 1.54) is 0 Å². The predicted octanol–water partition coefficient (Wildman–Crippen LogP) is 1.11. The second-order valence-electron chi connectivity index (χ2n) is 3.41. The fourth-order valence-corrected chi connectivity index (χ4v) is 2.09. The van der Waals surface area contributed by atoms with Crippen LogP contribution < -0.4 is 0 Å². The fourth-order valence-electron chi connectivity index (χ4n) is 0.696. The molecule has 0 bridgehead atoms. The predicted molar refractivity (Wildman–Crippen MR) is 41.1 cm³/mol. The molecular weight excluding hydrogens is 120 g/mol. The number of hydrogen-bond acceptors (Lipinski definition) is 1. The fraction of sp³-hybridized carbons (Fsp3) is 1.00. The Labute approximate surface area is 51.9 Å². The molecule has 0 aromatic heterocycles. The first-order valence-electron chi connectivity index (χ1n) is 2.89. The highest BCUT2D eigenvalue weighted by Gasteiger charge is 2.14. The maximum Gasteiger partial charge on any atom is 0.00264 e. The summed E-state index contributed by atoms with van der Waals surface area (Å²) < 4.78 is 11.4. The van der Waals surface area contributed by atoms with Crippen molar-refractivity contribution in [2.24, 2.45) is 0 Å². The van der Waals surface area contributed by atoms with Crippen LogP contribution in [-0.2, 0) is 9.07 Å². The Kier molecular flexibility index (Phi) is 1.87. The minimum Gasteiger partial charge on any atom is -0.283 e. The summed E-state index contributed by atoms with van der Waals surface area (Å²) in [6, 6.07) is 0. The van der Waals surface area contributed by atoms with Gasteiger partial charge < -0.3 is 0 Å². The largest absolute Gasteiger partial charge is 0.283 e. The lowest BCUT2D eigenvalue weighted by Crippen LogP contribution is -2.30. The van der Waals surface area contributed by atoms with Crippen molar-refractivity contribution in [3.63, 3.8) is 0 Å². The molecule has 0 rings (SSSR count). The standard InChI is InChI=1S/C6H16OS/c1-5-6-8(2,3,4)7/h5-6H2,1-4H3. The molecule has 0 spiro atoms. The van der Waals surface area contributed by atoms with Gasteiger partial charge in [-0.15, -0.1) is 9.07 Å². The summed E-state index contributed by atoms with van der Waals surface area (Å²) >= 11 is 0. The van der Waals surface area contributed by atoms with E-state index in [0.29, 0.717) is 0 Å². The first-order chi connectivity index (χ1) is 3.31. The summed E-state index contributed by atoms with van der Waals surface area (Å²) in [5.41, 5.74) is 0. The van der Waals surface area contributed by atoms with E-state index >= 15 is 0 Å². The van der Waals surface area contributed by atoms with Crippen molar-refractivity contribution in [3.8, 4) is 0 Å². The van der Waals surface area contributed by atoms with Gasteiger partial charge in [-0.05, 0) is 25.2 Å². The van der Waals surface area contributed by atoms with Crippen LogP contribution in [0.1, 0.15) is 13.3 Å². The normalized spacial score (nSPS) is 17.2. The molecule has 0 aromatic rings. The quantitative estimate of drug-likeness (QED) is 0.555. The van der Waals surface area contributed by atoms with Crippen LogP contribution in [0.15, 0.2) is 0 Å². The smallest absolute Gasteiger partial charge is 0.00264 e. The van der Waals surface area contributed by atoms with Crippen LogP contribution in [0.5, 0.6) is 0 Å². The van der Waals surface area contributed by atoms with Gasteiger partial charge in [0.2, 0.25) is 0 Å². The van der Waals surface area contributed by atoms with Gasteiger partial charge >= 0.3 is 0 Å². The van der Waals surface area contributed by atoms with E-state index in [1.54, 1.807) is 0 Å². The zero-order valence-corrected chi connectivity index (χ0v) is 7.05. The molecule has 2 heteroatoms. The molecule has 0 radical (unpaired) electrons. The van der Waals surface area contributed by atoms with Gasteiger partial charge in [0.25, 0.3) is 0 Å². The van der Waals surface area contributed by atoms with Crippen molar-refractivity contribution in [2.75, 3.05) is 24.5 Å². The van der Waals surface area contributed by atoms with E-state index in [9.17, 15) is 4.21 Å². The van der Waals surface area contributed by atoms with Crippen molar-refractivity contribution in [3.05, 3.63) is 0 Å². The molecule has 0 aliphatic carbocycles. The van der Waals surface area contributed by atoms with Crippen LogP contribution >= 0.6 is 0 Å². The Morgan fingerprint density at radius 3 is 1.62 bits per heavy atom. The molecule has 0 heterocycles. The van der Waals surface area contributed by atoms with Crippen LogP contribution in [0.2, 0.25) is 0 Å². The van der Waals surface area contributed by atoms with Gasteiger partial charge in [-0.25, -0.2) is 0 Å². The van der Waals surface area contributed by atoms with Crippen LogP contribution in [0.4, 0.5) is 0 Å². The van der Waals surface area contributed by atoms with Gasteiger partial charge in [-0.1, -0.05) is 6.92 Å². The average Bonchev–Trinajstić information content (AvgIpc) is 1.25. The molecule has 0 fully saturated rings. The lowest BCUT2D eigenvalue weighted by molar-refractivity contribution is 0.667. The molecule has 1 nitrogen and oxygen atoms in total. The number of hydrogen-bond donors (Lipinski definition) is 0. The van der Waals surface area contributed by atoms with E-state index in [2.05, 4.69) is 6.92 Å². The molecule has 52 valence electrons. The van der Waals surface area contributed by atoms with Crippen LogP contribution in [0.3, 0.4) is 0 Å². The Hall–Kier alpha value is 0.150. The zero-order chi connectivity index (χ0) is 6.86. The van der Waals surface area contributed by atoms with E-state index in [-0.39, 0.29) is 0 Å². The Bertz CT molecular complexity index is 120. The summed E-state index contributed by atoms with van der Waals surface area (Å²) in [5.74, 6) is 0.858. The molecule has 8 heavy (non-hydrogen) atoms. The number of rotatable bonds is 2. The summed E-state index contributed by atoms with van der Waals surface area (Å²) in [6.45, 7) is 2.06. The van der Waals surface area contributed by atoms with Gasteiger partial charge in [0, 0.05) is 5.75 Å². The summed E-state index contributed by atoms with van der Waals surface area (Å²) in [7, 11) is -2.14. The Morgan fingerprint density at radius 2 is 1.62 bits per heavy atom. The summed E-state index contributed by atoms with van der Waals surface area (Å²) in [6.07, 6.45) is 6.57. The van der Waals surface area contributed by atoms with Gasteiger partial charge in [0.05, 0.1) is 0 Å². The maximum absolute atomic E-state index is 11.4. The molecule has 0 amide bonds. The van der Waals surface area contributed by atoms with E-state index in [4.69, 9.17) is 0 Å². The highest BCUT2D eigenvalue weighted by atomic mass is 32.3. The third-order valence-electron chi connectivity index (χ3n) is 0.900. The van der Waals surface area contributed by atoms with E-state index in [0.717, 1.165) is 12.2 Å². The van der Waals surface area contributed by atoms with Crippen molar-refractivity contribution in [1.29, 1.82) is 0 Å². The van der Waals surface area contributed by atoms with Crippen molar-refractivity contribution >= 4 is 9.07 Å². The summed E-state index contributed by atoms with van der Waals surface area (Å²) in [4.78, 5) is 0. The Morgan fingerprint density at radius 1 is 1.25 bits per heavy atom. The molecule has 0 saturated carbocycles. The van der Waals surface area contributed by atoms with Gasteiger partial charge in [0.15, 0.2) is 0 Å². The summed E-state index contributed by atoms with van der Waals surface area (Å²) in [5, 5.41) is 0. The molecule has 0 N–H and O–H groups in total. The van der Waals surface area contributed by atoms with Gasteiger partial charge in [0.1, 0.15) is 0 Å². The van der Waals surface area contributed by atoms with Crippen molar-refractivity contribution in [2.45, 2.75) is 13.3 Å². The zero-order valence-electron chi connectivity index (χ0n) is 6.23. The molecule has 0 unspecified atom stereocenters. The first-order valence-corrected chi connectivity index (χ1v) is 6.25. The highest BCUT2D eigenvalue weighted by Crippen LogP contribution is 2.11. The molecule has 0 atom stereocenters. The third-order valence-corrected chi connectivity index (χ3v) is 2.70. The monoisotopic (exact) mass is 136 g/mol. The van der Waals surface area contributed by atoms with Crippen LogP contribution in [0.25, 0.3) is 0 Å². The molecule has 0 saturated heterocycles. The lowest BCUT2D eigenvalue weighted by atomic mass is 10.6. The Balaban J connectivity index is 3.95. The molecule has 0 aliphatic rings. The molecule has 0 aromatic carbocycles. The van der Waals surface area contributed by atoms with Gasteiger partial charge in [-0.3, -0.25) is 4.21 Å². The topological polar surface area (TPSA) is 17.1 Å². The van der Waals surface area contributed by atoms with E-state index in [1.807, 2.05) is 18.8 Å². The van der Waals surface area contributed by atoms with E-state index < -0.39 is 9.07 Å². The molecule has 0 aliphatic heterocycles. The minimum absolute atomic E-state index is 0.858. The highest BCUT2D eigenvalue weighted by molar-refractivity contribution is 8.18. The van der Waals surface area contributed by atoms with Crippen molar-refractivity contribution in [1.82, 2.24) is 0 Å². The third kappa shape index (κ3) is 6.15. The maximum atomic E-state index is 11.4. The molecular formula is C6H16OS. The van der Waals surface area contributed by atoms with Gasteiger partial charge in [-0.2, -0.15) is 0 Å². The van der Waals surface area contributed by atoms with Crippen LogP contribution in [-0.4, -0.2) is 28.7 Å². The minimum atomic E-state index is -2.14. The second-order valence-corrected chi connectivity index (χ2v) is 9.24. The lowest BCUT2D eigenvalue weighted by Gasteiger charge is -2.27. The average molecular weight is 136 g/mol. The SMILES string of the molecule is CCCS(C)(C)(C)=O. The van der Waals surface area contributed by atoms with Crippen molar-refractivity contribution < 1.29 is 4.21 Å². The van der Waals surface area contributed by atoms with Crippen LogP contribution in [0, 0.1) is 0 Å². The second kappa shape index (κ2) is 1.83. The first kappa shape index (κ1) is 8.15.